The molecule has 0 fully saturated rings. The first-order chi connectivity index (χ1) is 8.15. The summed E-state index contributed by atoms with van der Waals surface area (Å²) in [6.07, 6.45) is 3.11. The molecule has 3 nitrogen and oxygen atoms in total. The number of aromatic hydroxyl groups is 1. The second-order valence-electron chi connectivity index (χ2n) is 3.66. The van der Waals surface area contributed by atoms with Gasteiger partial charge in [0.25, 0.3) is 0 Å². The fourth-order valence-electron chi connectivity index (χ4n) is 1.36. The van der Waals surface area contributed by atoms with Crippen molar-refractivity contribution in [3.63, 3.8) is 0 Å². The van der Waals surface area contributed by atoms with E-state index in [1.165, 1.54) is 6.20 Å². The number of aryl methyl sites for hydroxylation is 1. The van der Waals surface area contributed by atoms with Gasteiger partial charge in [0, 0.05) is 18.0 Å². The van der Waals surface area contributed by atoms with Crippen LogP contribution in [0.2, 0.25) is 5.02 Å². The molecule has 0 aliphatic carbocycles. The Labute approximate surface area is 104 Å². The van der Waals surface area contributed by atoms with Gasteiger partial charge in [0.05, 0.1) is 5.02 Å². The molecular formula is C13H11ClN2O. The van der Waals surface area contributed by atoms with E-state index in [9.17, 15) is 5.11 Å². The third-order valence-electron chi connectivity index (χ3n) is 2.23. The summed E-state index contributed by atoms with van der Waals surface area (Å²) in [5.74, 6) is 0.753. The van der Waals surface area contributed by atoms with Crippen LogP contribution in [0, 0.1) is 6.92 Å². The lowest BCUT2D eigenvalue weighted by Crippen LogP contribution is -1.84. The highest BCUT2D eigenvalue weighted by Crippen LogP contribution is 2.17. The molecule has 0 aliphatic heterocycles. The Bertz CT molecular complexity index is 550. The van der Waals surface area contributed by atoms with Gasteiger partial charge in [0.1, 0.15) is 5.75 Å². The Morgan fingerprint density at radius 3 is 2.82 bits per heavy atom. The molecule has 0 atom stereocenters. The summed E-state index contributed by atoms with van der Waals surface area (Å²) in [7, 11) is 0. The number of nitrogens with zero attached hydrogens (tertiary/aromatic N) is 2. The Balaban J connectivity index is 2.25. The molecule has 17 heavy (non-hydrogen) atoms. The molecule has 0 spiro atoms. The minimum absolute atomic E-state index is 0.202. The number of hydrogen-bond acceptors (Lipinski definition) is 3. The van der Waals surface area contributed by atoms with E-state index in [0.29, 0.717) is 16.4 Å². The van der Waals surface area contributed by atoms with Crippen molar-refractivity contribution in [3.8, 4) is 5.75 Å². The number of halogens is 1. The summed E-state index contributed by atoms with van der Waals surface area (Å²) in [6, 6.07) is 8.77. The number of hydrogen-bond donors (Lipinski definition) is 1. The average Bonchev–Trinajstić information content (AvgIpc) is 2.32. The predicted octanol–water partition coefficient (Wildman–Crippen LogP) is 3.50. The lowest BCUT2D eigenvalue weighted by atomic mass is 10.1. The molecule has 2 rings (SSSR count). The standard InChI is InChI=1S/C13H11ClN2O/c1-9-2-4-12(17)10(6-9)7-15-13-5-3-11(14)8-16-13/h2-8,17H,1H3. The molecule has 4 heteroatoms. The summed E-state index contributed by atoms with van der Waals surface area (Å²) >= 11 is 5.72. The highest BCUT2D eigenvalue weighted by atomic mass is 35.5. The van der Waals surface area contributed by atoms with E-state index in [1.807, 2.05) is 19.1 Å². The Morgan fingerprint density at radius 2 is 2.12 bits per heavy atom. The molecule has 1 N–H and O–H groups in total. The third-order valence-corrected chi connectivity index (χ3v) is 2.45. The molecule has 1 aromatic heterocycles. The number of pyridine rings is 1. The van der Waals surface area contributed by atoms with Crippen LogP contribution in [0.25, 0.3) is 0 Å². The summed E-state index contributed by atoms with van der Waals surface area (Å²) in [5, 5.41) is 10.2. The lowest BCUT2D eigenvalue weighted by Gasteiger charge is -1.99. The van der Waals surface area contributed by atoms with E-state index in [-0.39, 0.29) is 5.75 Å². The van der Waals surface area contributed by atoms with Crippen LogP contribution in [0.4, 0.5) is 5.82 Å². The highest BCUT2D eigenvalue weighted by Gasteiger charge is 1.98. The van der Waals surface area contributed by atoms with Crippen molar-refractivity contribution < 1.29 is 5.11 Å². The molecule has 0 amide bonds. The van der Waals surface area contributed by atoms with Crippen LogP contribution in [0.15, 0.2) is 41.5 Å². The number of aliphatic imine (C=N–C) groups is 1. The Kier molecular flexibility index (Phi) is 3.40. The minimum Gasteiger partial charge on any atom is -0.507 e. The van der Waals surface area contributed by atoms with E-state index in [1.54, 1.807) is 24.4 Å². The fraction of sp³-hybridized carbons (Fsp3) is 0.0769. The molecule has 1 aromatic carbocycles. The first kappa shape index (κ1) is 11.6. The molecule has 0 saturated heterocycles. The van der Waals surface area contributed by atoms with Crippen molar-refractivity contribution in [2.45, 2.75) is 6.92 Å². The number of aromatic nitrogens is 1. The van der Waals surface area contributed by atoms with Gasteiger partial charge in [-0.25, -0.2) is 9.98 Å². The second kappa shape index (κ2) is 4.97. The first-order valence-electron chi connectivity index (χ1n) is 5.10. The molecule has 86 valence electrons. The van der Waals surface area contributed by atoms with Crippen molar-refractivity contribution in [1.29, 1.82) is 0 Å². The zero-order chi connectivity index (χ0) is 12.3. The Hall–Kier alpha value is -1.87. The van der Waals surface area contributed by atoms with Crippen molar-refractivity contribution in [1.82, 2.24) is 4.98 Å². The summed E-state index contributed by atoms with van der Waals surface area (Å²) in [5.41, 5.74) is 1.73. The van der Waals surface area contributed by atoms with Crippen molar-refractivity contribution in [2.75, 3.05) is 0 Å². The van der Waals surface area contributed by atoms with Crippen LogP contribution < -0.4 is 0 Å². The highest BCUT2D eigenvalue weighted by molar-refractivity contribution is 6.30. The third kappa shape index (κ3) is 3.04. The first-order valence-corrected chi connectivity index (χ1v) is 5.48. The fourth-order valence-corrected chi connectivity index (χ4v) is 1.47. The van der Waals surface area contributed by atoms with Crippen LogP contribution in [-0.4, -0.2) is 16.3 Å². The maximum atomic E-state index is 9.62. The second-order valence-corrected chi connectivity index (χ2v) is 4.09. The van der Waals surface area contributed by atoms with Crippen LogP contribution in [0.3, 0.4) is 0 Å². The predicted molar refractivity (Wildman–Crippen MR) is 69.3 cm³/mol. The normalized spacial score (nSPS) is 10.9. The zero-order valence-electron chi connectivity index (χ0n) is 9.26. The van der Waals surface area contributed by atoms with Crippen molar-refractivity contribution >= 4 is 23.6 Å². The van der Waals surface area contributed by atoms with Gasteiger partial charge in [0.2, 0.25) is 0 Å². The zero-order valence-corrected chi connectivity index (χ0v) is 10.0. The molecule has 0 saturated carbocycles. The Morgan fingerprint density at radius 1 is 1.29 bits per heavy atom. The van der Waals surface area contributed by atoms with E-state index in [0.717, 1.165) is 5.56 Å². The smallest absolute Gasteiger partial charge is 0.151 e. The van der Waals surface area contributed by atoms with Crippen LogP contribution in [-0.2, 0) is 0 Å². The average molecular weight is 247 g/mol. The SMILES string of the molecule is Cc1ccc(O)c(C=Nc2ccc(Cl)cn2)c1. The number of rotatable bonds is 2. The monoisotopic (exact) mass is 246 g/mol. The minimum atomic E-state index is 0.202. The van der Waals surface area contributed by atoms with Gasteiger partial charge in [0.15, 0.2) is 5.82 Å². The number of benzene rings is 1. The van der Waals surface area contributed by atoms with E-state index in [4.69, 9.17) is 11.6 Å². The largest absolute Gasteiger partial charge is 0.507 e. The van der Waals surface area contributed by atoms with E-state index >= 15 is 0 Å². The summed E-state index contributed by atoms with van der Waals surface area (Å²) in [6.45, 7) is 1.96. The van der Waals surface area contributed by atoms with Gasteiger partial charge in [-0.05, 0) is 31.2 Å². The molecule has 2 aromatic rings. The van der Waals surface area contributed by atoms with Gasteiger partial charge < -0.3 is 5.11 Å². The molecule has 0 bridgehead atoms. The van der Waals surface area contributed by atoms with Gasteiger partial charge >= 0.3 is 0 Å². The van der Waals surface area contributed by atoms with Crippen LogP contribution in [0.1, 0.15) is 11.1 Å². The topological polar surface area (TPSA) is 45.5 Å². The molecule has 0 unspecified atom stereocenters. The quantitative estimate of drug-likeness (QED) is 0.825. The van der Waals surface area contributed by atoms with Crippen molar-refractivity contribution in [2.24, 2.45) is 4.99 Å². The molecule has 1 heterocycles. The van der Waals surface area contributed by atoms with Gasteiger partial charge in [-0.2, -0.15) is 0 Å². The molecule has 0 aliphatic rings. The summed E-state index contributed by atoms with van der Waals surface area (Å²) < 4.78 is 0. The summed E-state index contributed by atoms with van der Waals surface area (Å²) in [4.78, 5) is 8.20. The molecule has 0 radical (unpaired) electrons. The lowest BCUT2D eigenvalue weighted by molar-refractivity contribution is 0.474. The van der Waals surface area contributed by atoms with E-state index in [2.05, 4.69) is 9.98 Å². The van der Waals surface area contributed by atoms with Gasteiger partial charge in [-0.3, -0.25) is 0 Å². The molecular weight excluding hydrogens is 236 g/mol. The number of phenolic OH excluding ortho intramolecular Hbond substituents is 1. The van der Waals surface area contributed by atoms with Crippen LogP contribution in [0.5, 0.6) is 5.75 Å². The van der Waals surface area contributed by atoms with Gasteiger partial charge in [-0.1, -0.05) is 23.2 Å². The van der Waals surface area contributed by atoms with Crippen LogP contribution >= 0.6 is 11.6 Å². The maximum Gasteiger partial charge on any atom is 0.151 e. The van der Waals surface area contributed by atoms with E-state index < -0.39 is 0 Å². The van der Waals surface area contributed by atoms with Gasteiger partial charge in [-0.15, -0.1) is 0 Å². The number of phenols is 1. The van der Waals surface area contributed by atoms with Crippen molar-refractivity contribution in [3.05, 3.63) is 52.7 Å². The maximum absolute atomic E-state index is 9.62.